The quantitative estimate of drug-likeness (QED) is 0.556. The fourth-order valence-electron chi connectivity index (χ4n) is 2.63. The zero-order valence-corrected chi connectivity index (χ0v) is 16.7. The average Bonchev–Trinajstić information content (AvgIpc) is 3.11. The van der Waals surface area contributed by atoms with E-state index in [-0.39, 0.29) is 24.7 Å². The molecule has 2 N–H and O–H groups in total. The molecule has 0 radical (unpaired) electrons. The molecule has 0 fully saturated rings. The van der Waals surface area contributed by atoms with E-state index in [0.717, 1.165) is 5.56 Å². The molecule has 0 unspecified atom stereocenters. The number of rotatable bonds is 7. The van der Waals surface area contributed by atoms with Gasteiger partial charge in [0.1, 0.15) is 10.8 Å². The van der Waals surface area contributed by atoms with Gasteiger partial charge >= 0.3 is 0 Å². The van der Waals surface area contributed by atoms with Crippen LogP contribution in [0.5, 0.6) is 0 Å². The van der Waals surface area contributed by atoms with Crippen LogP contribution in [0.4, 0.5) is 5.82 Å². The molecule has 1 amide bonds. The van der Waals surface area contributed by atoms with Crippen LogP contribution in [-0.2, 0) is 4.79 Å². The number of nitrogens with zero attached hydrogens (tertiary/aromatic N) is 2. The minimum atomic E-state index is -0.222. The number of pyridine rings is 1. The van der Waals surface area contributed by atoms with E-state index in [9.17, 15) is 9.59 Å². The van der Waals surface area contributed by atoms with Crippen LogP contribution in [0.25, 0.3) is 21.8 Å². The smallest absolute Gasteiger partial charge is 0.222 e. The van der Waals surface area contributed by atoms with Crippen LogP contribution in [0.15, 0.2) is 42.6 Å². The van der Waals surface area contributed by atoms with Gasteiger partial charge in [0.25, 0.3) is 0 Å². The van der Waals surface area contributed by atoms with E-state index in [1.165, 1.54) is 18.3 Å². The summed E-state index contributed by atoms with van der Waals surface area (Å²) >= 11 is 7.59. The van der Waals surface area contributed by atoms with E-state index in [1.54, 1.807) is 24.4 Å². The molecule has 0 aliphatic rings. The first-order valence-electron chi connectivity index (χ1n) is 8.63. The summed E-state index contributed by atoms with van der Waals surface area (Å²) in [5, 5.41) is 12.8. The van der Waals surface area contributed by atoms with E-state index in [0.29, 0.717) is 38.4 Å². The maximum absolute atomic E-state index is 12.7. The monoisotopic (exact) mass is 415 g/mol. The number of thiazole rings is 1. The summed E-state index contributed by atoms with van der Waals surface area (Å²) in [6.45, 7) is 1.36. The molecule has 1 aromatic carbocycles. The molecule has 28 heavy (non-hydrogen) atoms. The number of amides is 1. The third-order valence-corrected chi connectivity index (χ3v) is 5.36. The molecular weight excluding hydrogens is 398 g/mol. The molecule has 3 aromatic rings. The molecule has 0 bridgehead atoms. The number of aromatic nitrogens is 2. The number of nitrogens with one attached hydrogen (secondary N) is 1. The number of aliphatic hydroxyl groups is 1. The molecule has 0 atom stereocenters. The van der Waals surface area contributed by atoms with Crippen LogP contribution in [0.1, 0.15) is 29.4 Å². The van der Waals surface area contributed by atoms with Crippen molar-refractivity contribution in [3.8, 4) is 21.8 Å². The van der Waals surface area contributed by atoms with Gasteiger partial charge in [-0.2, -0.15) is 0 Å². The molecule has 0 spiro atoms. The van der Waals surface area contributed by atoms with Gasteiger partial charge in [0.05, 0.1) is 15.6 Å². The minimum Gasteiger partial charge on any atom is -0.396 e. The fourth-order valence-corrected chi connectivity index (χ4v) is 3.90. The Morgan fingerprint density at radius 1 is 1.25 bits per heavy atom. The van der Waals surface area contributed by atoms with Crippen molar-refractivity contribution in [1.29, 1.82) is 0 Å². The average molecular weight is 416 g/mol. The van der Waals surface area contributed by atoms with E-state index >= 15 is 0 Å². The molecule has 0 saturated heterocycles. The largest absolute Gasteiger partial charge is 0.396 e. The lowest BCUT2D eigenvalue weighted by atomic mass is 10.1. The summed E-state index contributed by atoms with van der Waals surface area (Å²) in [5.41, 5.74) is 1.93. The lowest BCUT2D eigenvalue weighted by Crippen LogP contribution is -2.07. The van der Waals surface area contributed by atoms with Gasteiger partial charge in [-0.25, -0.2) is 9.97 Å². The van der Waals surface area contributed by atoms with E-state index in [4.69, 9.17) is 16.7 Å². The van der Waals surface area contributed by atoms with Crippen molar-refractivity contribution in [2.75, 3.05) is 11.9 Å². The number of benzene rings is 1. The second-order valence-electron chi connectivity index (χ2n) is 6.04. The summed E-state index contributed by atoms with van der Waals surface area (Å²) in [4.78, 5) is 33.3. The SMILES string of the molecule is CC(=O)Nc1cc(-c2nc(-c3ccccc3Cl)c(C(=O)CCCO)s2)ccn1. The zero-order chi connectivity index (χ0) is 20.1. The third-order valence-electron chi connectivity index (χ3n) is 3.88. The summed E-state index contributed by atoms with van der Waals surface area (Å²) in [7, 11) is 0. The standard InChI is InChI=1S/C20H18ClN3O3S/c1-12(26)23-17-11-13(8-9-22-17)20-24-18(14-5-2-3-6-15(14)21)19(28-20)16(27)7-4-10-25/h2-3,5-6,8-9,11,25H,4,7,10H2,1H3,(H,22,23,26). The Morgan fingerprint density at radius 3 is 2.75 bits per heavy atom. The Hall–Kier alpha value is -2.61. The van der Waals surface area contributed by atoms with Gasteiger partial charge in [-0.1, -0.05) is 29.8 Å². The first-order valence-corrected chi connectivity index (χ1v) is 9.83. The molecular formula is C20H18ClN3O3S. The van der Waals surface area contributed by atoms with E-state index < -0.39 is 0 Å². The van der Waals surface area contributed by atoms with E-state index in [2.05, 4.69) is 15.3 Å². The van der Waals surface area contributed by atoms with Gasteiger partial charge in [0.2, 0.25) is 5.91 Å². The lowest BCUT2D eigenvalue weighted by Gasteiger charge is -2.04. The molecule has 0 saturated carbocycles. The van der Waals surface area contributed by atoms with Gasteiger partial charge in [0, 0.05) is 37.3 Å². The first-order chi connectivity index (χ1) is 13.5. The Labute approximate surface area is 171 Å². The van der Waals surface area contributed by atoms with Crippen LogP contribution in [-0.4, -0.2) is 33.4 Å². The second-order valence-corrected chi connectivity index (χ2v) is 7.44. The number of Topliss-reactive ketones (excluding diaryl/α,β-unsaturated/α-hetero) is 1. The Balaban J connectivity index is 2.08. The van der Waals surface area contributed by atoms with E-state index in [1.807, 2.05) is 18.2 Å². The lowest BCUT2D eigenvalue weighted by molar-refractivity contribution is -0.114. The van der Waals surface area contributed by atoms with Gasteiger partial charge in [-0.3, -0.25) is 9.59 Å². The van der Waals surface area contributed by atoms with Crippen molar-refractivity contribution in [1.82, 2.24) is 9.97 Å². The maximum Gasteiger partial charge on any atom is 0.222 e. The van der Waals surface area contributed by atoms with Crippen LogP contribution < -0.4 is 5.32 Å². The highest BCUT2D eigenvalue weighted by atomic mass is 35.5. The normalized spacial score (nSPS) is 10.7. The van der Waals surface area contributed by atoms with Crippen molar-refractivity contribution in [3.05, 3.63) is 52.5 Å². The van der Waals surface area contributed by atoms with Crippen molar-refractivity contribution in [2.45, 2.75) is 19.8 Å². The number of carbonyl (C=O) groups excluding carboxylic acids is 2. The topological polar surface area (TPSA) is 92.2 Å². The van der Waals surface area contributed by atoms with Crippen LogP contribution in [0.3, 0.4) is 0 Å². The molecule has 3 rings (SSSR count). The predicted molar refractivity (Wildman–Crippen MR) is 111 cm³/mol. The fraction of sp³-hybridized carbons (Fsp3) is 0.200. The number of hydrogen-bond acceptors (Lipinski definition) is 6. The molecule has 0 aliphatic heterocycles. The first kappa shape index (κ1) is 20.1. The van der Waals surface area contributed by atoms with Gasteiger partial charge in [-0.15, -0.1) is 11.3 Å². The molecule has 2 aromatic heterocycles. The molecule has 0 aliphatic carbocycles. The highest BCUT2D eigenvalue weighted by molar-refractivity contribution is 7.17. The van der Waals surface area contributed by atoms with Gasteiger partial charge in [-0.05, 0) is 24.6 Å². The van der Waals surface area contributed by atoms with Gasteiger partial charge in [0.15, 0.2) is 5.78 Å². The number of hydrogen-bond donors (Lipinski definition) is 2. The van der Waals surface area contributed by atoms with Crippen molar-refractivity contribution < 1.29 is 14.7 Å². The molecule has 6 nitrogen and oxygen atoms in total. The van der Waals surface area contributed by atoms with Crippen LogP contribution in [0, 0.1) is 0 Å². The van der Waals surface area contributed by atoms with Crippen LogP contribution in [0.2, 0.25) is 5.02 Å². The Morgan fingerprint density at radius 2 is 2.04 bits per heavy atom. The molecule has 144 valence electrons. The molecule has 8 heteroatoms. The highest BCUT2D eigenvalue weighted by Gasteiger charge is 2.21. The number of aliphatic hydroxyl groups excluding tert-OH is 1. The second kappa shape index (κ2) is 9.05. The maximum atomic E-state index is 12.7. The van der Waals surface area contributed by atoms with Crippen molar-refractivity contribution in [3.63, 3.8) is 0 Å². The summed E-state index contributed by atoms with van der Waals surface area (Å²) in [6.07, 6.45) is 2.18. The van der Waals surface area contributed by atoms with Crippen molar-refractivity contribution in [2.24, 2.45) is 0 Å². The van der Waals surface area contributed by atoms with Crippen molar-refractivity contribution >= 4 is 40.4 Å². The minimum absolute atomic E-state index is 0.0523. The number of anilines is 1. The number of halogens is 1. The third kappa shape index (κ3) is 4.62. The predicted octanol–water partition coefficient (Wildman–Crippen LogP) is 4.44. The Bertz CT molecular complexity index is 1020. The highest BCUT2D eigenvalue weighted by Crippen LogP contribution is 2.37. The van der Waals surface area contributed by atoms with Gasteiger partial charge < -0.3 is 10.4 Å². The number of carbonyl (C=O) groups is 2. The van der Waals surface area contributed by atoms with Crippen LogP contribution >= 0.6 is 22.9 Å². The Kier molecular flexibility index (Phi) is 6.51. The summed E-state index contributed by atoms with van der Waals surface area (Å²) in [5.74, 6) is 0.0944. The number of ketones is 1. The summed E-state index contributed by atoms with van der Waals surface area (Å²) in [6, 6.07) is 10.7. The summed E-state index contributed by atoms with van der Waals surface area (Å²) < 4.78 is 0. The molecule has 2 heterocycles. The zero-order valence-electron chi connectivity index (χ0n) is 15.1.